The largest absolute Gasteiger partial charge is 0.457 e. The minimum absolute atomic E-state index is 0.125. The highest BCUT2D eigenvalue weighted by Gasteiger charge is 2.44. The van der Waals surface area contributed by atoms with Gasteiger partial charge in [-0.05, 0) is 89.9 Å². The average molecular weight is 1010 g/mol. The van der Waals surface area contributed by atoms with Crippen molar-refractivity contribution in [2.24, 2.45) is 0 Å². The van der Waals surface area contributed by atoms with Crippen molar-refractivity contribution < 1.29 is 44.2 Å². The lowest BCUT2D eigenvalue weighted by Gasteiger charge is -2.39. The number of hydrogen-bond donors (Lipinski definition) is 4. The normalized spacial score (nSPS) is 19.3. The van der Waals surface area contributed by atoms with Gasteiger partial charge in [0.1, 0.15) is 30.5 Å². The molecule has 72 heavy (non-hydrogen) atoms. The monoisotopic (exact) mass is 1010 g/mol. The van der Waals surface area contributed by atoms with Crippen LogP contribution in [0, 0.1) is 0 Å². The maximum absolute atomic E-state index is 12.9. The fourth-order valence-corrected chi connectivity index (χ4v) is 8.73. The molecule has 6 atom stereocenters. The Morgan fingerprint density at radius 1 is 0.458 bits per heavy atom. The number of unbranched alkanes of at least 4 members (excludes halogenated alkanes) is 26. The zero-order chi connectivity index (χ0) is 52.1. The molecule has 416 valence electrons. The molecule has 1 aliphatic heterocycles. The van der Waals surface area contributed by atoms with Crippen LogP contribution in [0.2, 0.25) is 0 Å². The summed E-state index contributed by atoms with van der Waals surface area (Å²) >= 11 is 0. The maximum Gasteiger partial charge on any atom is 0.306 e. The van der Waals surface area contributed by atoms with Gasteiger partial charge in [-0.15, -0.1) is 0 Å². The summed E-state index contributed by atoms with van der Waals surface area (Å²) in [5.41, 5.74) is 0. The maximum atomic E-state index is 12.9. The van der Waals surface area contributed by atoms with Gasteiger partial charge in [0.15, 0.2) is 6.29 Å². The van der Waals surface area contributed by atoms with Gasteiger partial charge in [0.25, 0.3) is 0 Å². The molecule has 1 fully saturated rings. The number of esters is 1. The van der Waals surface area contributed by atoms with E-state index in [4.69, 9.17) is 18.9 Å². The highest BCUT2D eigenvalue weighted by molar-refractivity contribution is 5.69. The van der Waals surface area contributed by atoms with Gasteiger partial charge in [0, 0.05) is 13.0 Å². The molecule has 0 aromatic carbocycles. The van der Waals surface area contributed by atoms with Crippen LogP contribution in [0.3, 0.4) is 0 Å². The number of hydrogen-bond acceptors (Lipinski definition) is 9. The third-order valence-corrected chi connectivity index (χ3v) is 13.3. The summed E-state index contributed by atoms with van der Waals surface area (Å²) in [4.78, 5) is 12.9. The van der Waals surface area contributed by atoms with E-state index in [2.05, 4.69) is 98.9 Å². The second kappa shape index (κ2) is 53.2. The van der Waals surface area contributed by atoms with Crippen molar-refractivity contribution in [3.8, 4) is 0 Å². The Morgan fingerprint density at radius 3 is 1.29 bits per heavy atom. The molecule has 1 saturated heterocycles. The lowest BCUT2D eigenvalue weighted by molar-refractivity contribution is -0.305. The van der Waals surface area contributed by atoms with Gasteiger partial charge in [-0.2, -0.15) is 0 Å². The molecule has 0 aromatic heterocycles. The first kappa shape index (κ1) is 67.4. The highest BCUT2D eigenvalue weighted by Crippen LogP contribution is 2.23. The van der Waals surface area contributed by atoms with E-state index in [-0.39, 0.29) is 19.2 Å². The van der Waals surface area contributed by atoms with Crippen LogP contribution < -0.4 is 0 Å². The van der Waals surface area contributed by atoms with E-state index in [1.54, 1.807) is 0 Å². The van der Waals surface area contributed by atoms with Crippen molar-refractivity contribution in [1.29, 1.82) is 0 Å². The lowest BCUT2D eigenvalue weighted by Crippen LogP contribution is -2.59. The Bertz CT molecular complexity index is 1380. The van der Waals surface area contributed by atoms with E-state index < -0.39 is 43.4 Å². The Labute approximate surface area is 441 Å². The molecule has 0 aliphatic carbocycles. The second-order valence-electron chi connectivity index (χ2n) is 20.1. The SMILES string of the molecule is CC/C=C\C/C=C\C/C=C\C/C=C\C/C=C\C/C=C\CCCCCCCOCC(COC1OC(CO)C(O)C(O)C1O)OC(=O)CCCCCCCCCCCCCCC/C=C\CCCCCCCCCC. The molecular weight excluding hydrogens is 901 g/mol. The Hall–Kier alpha value is -2.63. The van der Waals surface area contributed by atoms with Crippen molar-refractivity contribution in [2.75, 3.05) is 26.4 Å². The van der Waals surface area contributed by atoms with Crippen LogP contribution in [0.4, 0.5) is 0 Å². The van der Waals surface area contributed by atoms with Crippen LogP contribution in [0.25, 0.3) is 0 Å². The number of aliphatic hydroxyl groups excluding tert-OH is 4. The van der Waals surface area contributed by atoms with Gasteiger partial charge in [0.2, 0.25) is 0 Å². The molecule has 9 heteroatoms. The van der Waals surface area contributed by atoms with E-state index in [1.807, 2.05) is 0 Å². The number of ether oxygens (including phenoxy) is 4. The van der Waals surface area contributed by atoms with E-state index >= 15 is 0 Å². The van der Waals surface area contributed by atoms with Gasteiger partial charge < -0.3 is 39.4 Å². The molecule has 1 aliphatic rings. The quantitative estimate of drug-likeness (QED) is 0.0267. The molecule has 0 spiro atoms. The van der Waals surface area contributed by atoms with Crippen molar-refractivity contribution in [1.82, 2.24) is 0 Å². The fourth-order valence-electron chi connectivity index (χ4n) is 8.73. The van der Waals surface area contributed by atoms with Crippen LogP contribution in [0.1, 0.15) is 245 Å². The second-order valence-corrected chi connectivity index (χ2v) is 20.1. The summed E-state index contributed by atoms with van der Waals surface area (Å²) in [5, 5.41) is 40.4. The molecule has 0 bridgehead atoms. The standard InChI is InChI=1S/C63H110O9/c1-3-5-7-9-11-13-15-17-19-21-23-25-27-29-30-32-34-36-38-40-42-44-46-48-50-52-59(65)71-57(56-70-63-62(68)61(67)60(66)58(54-64)72-63)55-69-53-51-49-47-45-43-41-39-37-35-33-31-28-26-24-22-20-18-16-14-12-10-8-6-4-2/h6,8,12,14,18,20-21,23-24,26,31,33,37,39,57-58,60-64,66-68H,3-5,7,9-11,13,15-17,19,22,25,27-30,32,34-36,38,40-56H2,1-2H3/b8-6-,14-12-,20-18-,23-21-,26-24-,33-31-,39-37-. The van der Waals surface area contributed by atoms with E-state index in [0.717, 1.165) is 96.3 Å². The number of carbonyl (C=O) groups is 1. The zero-order valence-electron chi connectivity index (χ0n) is 46.2. The topological polar surface area (TPSA) is 135 Å². The average Bonchev–Trinajstić information content (AvgIpc) is 3.38. The molecule has 6 unspecified atom stereocenters. The molecule has 9 nitrogen and oxygen atoms in total. The van der Waals surface area contributed by atoms with Crippen molar-refractivity contribution in [2.45, 2.75) is 282 Å². The molecule has 1 heterocycles. The van der Waals surface area contributed by atoms with Gasteiger partial charge >= 0.3 is 5.97 Å². The third-order valence-electron chi connectivity index (χ3n) is 13.3. The minimum atomic E-state index is -1.55. The Kier molecular flexibility index (Phi) is 49.8. The van der Waals surface area contributed by atoms with E-state index in [9.17, 15) is 25.2 Å². The van der Waals surface area contributed by atoms with Crippen molar-refractivity contribution >= 4 is 5.97 Å². The van der Waals surface area contributed by atoms with Crippen molar-refractivity contribution in [3.63, 3.8) is 0 Å². The smallest absolute Gasteiger partial charge is 0.306 e. The molecular formula is C63H110O9. The summed E-state index contributed by atoms with van der Waals surface area (Å²) in [6, 6.07) is 0. The Morgan fingerprint density at radius 2 is 0.847 bits per heavy atom. The number of allylic oxidation sites excluding steroid dienone is 14. The molecule has 0 radical (unpaired) electrons. The molecule has 0 saturated carbocycles. The van der Waals surface area contributed by atoms with E-state index in [0.29, 0.717) is 13.0 Å². The van der Waals surface area contributed by atoms with Crippen LogP contribution in [-0.4, -0.2) is 89.6 Å². The number of rotatable bonds is 51. The van der Waals surface area contributed by atoms with Gasteiger partial charge in [0.05, 0.1) is 19.8 Å². The van der Waals surface area contributed by atoms with Crippen LogP contribution in [0.15, 0.2) is 85.1 Å². The number of aliphatic hydroxyl groups is 4. The molecule has 1 rings (SSSR count). The van der Waals surface area contributed by atoms with E-state index in [1.165, 1.54) is 128 Å². The molecule has 0 amide bonds. The minimum Gasteiger partial charge on any atom is -0.457 e. The summed E-state index contributed by atoms with van der Waals surface area (Å²) in [6.07, 6.45) is 66.3. The van der Waals surface area contributed by atoms with Crippen molar-refractivity contribution in [3.05, 3.63) is 85.1 Å². The first-order chi connectivity index (χ1) is 35.4. The van der Waals surface area contributed by atoms with Gasteiger partial charge in [-0.25, -0.2) is 0 Å². The van der Waals surface area contributed by atoms with Crippen LogP contribution >= 0.6 is 0 Å². The van der Waals surface area contributed by atoms with Gasteiger partial charge in [-0.3, -0.25) is 4.79 Å². The summed E-state index contributed by atoms with van der Waals surface area (Å²) in [5.74, 6) is -0.321. The number of carbonyl (C=O) groups excluding carboxylic acids is 1. The first-order valence-electron chi connectivity index (χ1n) is 29.7. The van der Waals surface area contributed by atoms with Gasteiger partial charge in [-0.1, -0.05) is 234 Å². The highest BCUT2D eigenvalue weighted by atomic mass is 16.7. The summed E-state index contributed by atoms with van der Waals surface area (Å²) in [6.45, 7) is 4.42. The predicted molar refractivity (Wildman–Crippen MR) is 302 cm³/mol. The third kappa shape index (κ3) is 42.7. The summed E-state index contributed by atoms with van der Waals surface area (Å²) < 4.78 is 23.0. The lowest BCUT2D eigenvalue weighted by atomic mass is 9.99. The molecule has 4 N–H and O–H groups in total. The Balaban J connectivity index is 2.17. The van der Waals surface area contributed by atoms with Crippen LogP contribution in [0.5, 0.6) is 0 Å². The zero-order valence-corrected chi connectivity index (χ0v) is 46.2. The summed E-state index contributed by atoms with van der Waals surface area (Å²) in [7, 11) is 0. The first-order valence-corrected chi connectivity index (χ1v) is 29.7. The molecule has 0 aromatic rings. The predicted octanol–water partition coefficient (Wildman–Crippen LogP) is 15.7. The van der Waals surface area contributed by atoms with Crippen LogP contribution in [-0.2, 0) is 23.7 Å². The fraction of sp³-hybridized carbons (Fsp3) is 0.762.